The van der Waals surface area contributed by atoms with Crippen LogP contribution in [0.3, 0.4) is 0 Å². The molecule has 0 bridgehead atoms. The Morgan fingerprint density at radius 1 is 1.04 bits per heavy atom. The predicted molar refractivity (Wildman–Crippen MR) is 102 cm³/mol. The highest BCUT2D eigenvalue weighted by atomic mass is 16.2. The summed E-state index contributed by atoms with van der Waals surface area (Å²) in [5.74, 6) is 0.240. The molecule has 0 radical (unpaired) electrons. The van der Waals surface area contributed by atoms with Crippen LogP contribution in [0, 0.1) is 0 Å². The number of benzene rings is 2. The third-order valence-corrected chi connectivity index (χ3v) is 4.92. The van der Waals surface area contributed by atoms with Gasteiger partial charge in [0.1, 0.15) is 0 Å². The van der Waals surface area contributed by atoms with Gasteiger partial charge in [0, 0.05) is 6.54 Å². The zero-order valence-corrected chi connectivity index (χ0v) is 15.7. The third kappa shape index (κ3) is 4.10. The standard InChI is InChI=1S/C22H28N2O/c1-22(2,3)19-12-10-17(11-13-19)15-23(4)16-24-20(14-21(24)25)18-8-6-5-7-9-18/h5-13,20H,14-16H2,1-4H3/t20-/m1/s1. The lowest BCUT2D eigenvalue weighted by Crippen LogP contribution is -2.50. The van der Waals surface area contributed by atoms with Crippen molar-refractivity contribution >= 4 is 5.91 Å². The monoisotopic (exact) mass is 336 g/mol. The third-order valence-electron chi connectivity index (χ3n) is 4.92. The number of likely N-dealkylation sites (tertiary alicyclic amines) is 1. The fourth-order valence-corrected chi connectivity index (χ4v) is 3.34. The summed E-state index contributed by atoms with van der Waals surface area (Å²) in [6.45, 7) is 8.20. The van der Waals surface area contributed by atoms with Crippen molar-refractivity contribution in [2.45, 2.75) is 45.2 Å². The van der Waals surface area contributed by atoms with Crippen molar-refractivity contribution < 1.29 is 4.79 Å². The van der Waals surface area contributed by atoms with E-state index < -0.39 is 0 Å². The molecule has 0 aliphatic carbocycles. The van der Waals surface area contributed by atoms with Gasteiger partial charge in [0.05, 0.1) is 19.1 Å². The van der Waals surface area contributed by atoms with Crippen LogP contribution in [-0.2, 0) is 16.8 Å². The molecule has 1 amide bonds. The van der Waals surface area contributed by atoms with Gasteiger partial charge in [0.25, 0.3) is 0 Å². The lowest BCUT2D eigenvalue weighted by atomic mass is 9.87. The summed E-state index contributed by atoms with van der Waals surface area (Å²) in [4.78, 5) is 16.2. The SMILES string of the molecule is CN(Cc1ccc(C(C)(C)C)cc1)CN1C(=O)C[C@@H]1c1ccccc1. The quantitative estimate of drug-likeness (QED) is 0.758. The van der Waals surface area contributed by atoms with Gasteiger partial charge in [0.15, 0.2) is 0 Å². The van der Waals surface area contributed by atoms with E-state index in [0.29, 0.717) is 13.1 Å². The van der Waals surface area contributed by atoms with Gasteiger partial charge in [-0.05, 0) is 29.2 Å². The molecule has 1 fully saturated rings. The molecule has 0 aromatic heterocycles. The van der Waals surface area contributed by atoms with Crippen LogP contribution < -0.4 is 0 Å². The zero-order valence-electron chi connectivity index (χ0n) is 15.7. The minimum absolute atomic E-state index is 0.178. The molecule has 3 rings (SSSR count). The minimum atomic E-state index is 0.178. The summed E-state index contributed by atoms with van der Waals surface area (Å²) in [6.07, 6.45) is 0.623. The van der Waals surface area contributed by atoms with Gasteiger partial charge in [-0.1, -0.05) is 75.4 Å². The Hall–Kier alpha value is -2.13. The van der Waals surface area contributed by atoms with Crippen LogP contribution in [0.2, 0.25) is 0 Å². The molecule has 1 saturated heterocycles. The van der Waals surface area contributed by atoms with Gasteiger partial charge < -0.3 is 4.90 Å². The van der Waals surface area contributed by atoms with Crippen LogP contribution in [0.1, 0.15) is 49.9 Å². The molecule has 132 valence electrons. The number of hydrogen-bond acceptors (Lipinski definition) is 2. The number of rotatable bonds is 5. The van der Waals surface area contributed by atoms with Crippen LogP contribution in [0.5, 0.6) is 0 Å². The molecular weight excluding hydrogens is 308 g/mol. The number of amides is 1. The van der Waals surface area contributed by atoms with Crippen LogP contribution in [-0.4, -0.2) is 29.4 Å². The van der Waals surface area contributed by atoms with Gasteiger partial charge in [-0.15, -0.1) is 0 Å². The summed E-state index contributed by atoms with van der Waals surface area (Å²) in [5.41, 5.74) is 4.03. The van der Waals surface area contributed by atoms with E-state index in [0.717, 1.165) is 6.54 Å². The highest BCUT2D eigenvalue weighted by Crippen LogP contribution is 2.34. The first-order valence-electron chi connectivity index (χ1n) is 8.97. The summed E-state index contributed by atoms with van der Waals surface area (Å²) in [7, 11) is 2.07. The first-order chi connectivity index (χ1) is 11.8. The van der Waals surface area contributed by atoms with Crippen LogP contribution in [0.25, 0.3) is 0 Å². The Labute approximate surface area is 151 Å². The maximum Gasteiger partial charge on any atom is 0.226 e. The summed E-state index contributed by atoms with van der Waals surface area (Å²) in [6, 6.07) is 19.3. The van der Waals surface area contributed by atoms with E-state index in [2.05, 4.69) is 69.1 Å². The first-order valence-corrected chi connectivity index (χ1v) is 8.97. The zero-order chi connectivity index (χ0) is 18.0. The van der Waals surface area contributed by atoms with E-state index in [1.807, 2.05) is 23.1 Å². The Bertz CT molecular complexity index is 716. The van der Waals surface area contributed by atoms with E-state index in [9.17, 15) is 4.79 Å². The average Bonchev–Trinajstić information content (AvgIpc) is 2.58. The fraction of sp³-hybridized carbons (Fsp3) is 0.409. The van der Waals surface area contributed by atoms with Crippen molar-refractivity contribution in [2.24, 2.45) is 0 Å². The highest BCUT2D eigenvalue weighted by Gasteiger charge is 2.37. The van der Waals surface area contributed by atoms with Crippen LogP contribution in [0.4, 0.5) is 0 Å². The highest BCUT2D eigenvalue weighted by molar-refractivity contribution is 5.83. The molecule has 1 atom stereocenters. The molecule has 1 heterocycles. The van der Waals surface area contributed by atoms with Crippen molar-refractivity contribution in [1.82, 2.24) is 9.80 Å². The van der Waals surface area contributed by atoms with Gasteiger partial charge in [-0.2, -0.15) is 0 Å². The van der Waals surface area contributed by atoms with Crippen LogP contribution >= 0.6 is 0 Å². The number of nitrogens with zero attached hydrogens (tertiary/aromatic N) is 2. The Morgan fingerprint density at radius 2 is 1.68 bits per heavy atom. The fourth-order valence-electron chi connectivity index (χ4n) is 3.34. The van der Waals surface area contributed by atoms with Crippen molar-refractivity contribution in [2.75, 3.05) is 13.7 Å². The minimum Gasteiger partial charge on any atom is -0.322 e. The van der Waals surface area contributed by atoms with E-state index in [-0.39, 0.29) is 17.4 Å². The second kappa shape index (κ2) is 7.01. The van der Waals surface area contributed by atoms with Gasteiger partial charge >= 0.3 is 0 Å². The van der Waals surface area contributed by atoms with Crippen molar-refractivity contribution in [3.8, 4) is 0 Å². The molecule has 0 unspecified atom stereocenters. The molecule has 1 aliphatic rings. The maximum atomic E-state index is 12.1. The van der Waals surface area contributed by atoms with Crippen molar-refractivity contribution in [1.29, 1.82) is 0 Å². The molecule has 0 spiro atoms. The Kier molecular flexibility index (Phi) is 4.96. The smallest absolute Gasteiger partial charge is 0.226 e. The predicted octanol–water partition coefficient (Wildman–Crippen LogP) is 4.35. The maximum absolute atomic E-state index is 12.1. The Morgan fingerprint density at radius 3 is 2.24 bits per heavy atom. The number of β-lactam (4-membered cyclic amide) rings is 1. The Balaban J connectivity index is 1.60. The summed E-state index contributed by atoms with van der Waals surface area (Å²) < 4.78 is 0. The molecule has 0 N–H and O–H groups in total. The second-order valence-electron chi connectivity index (χ2n) is 8.10. The number of carbonyl (C=O) groups is 1. The summed E-state index contributed by atoms with van der Waals surface area (Å²) >= 11 is 0. The van der Waals surface area contributed by atoms with E-state index in [1.165, 1.54) is 16.7 Å². The topological polar surface area (TPSA) is 23.6 Å². The van der Waals surface area contributed by atoms with Crippen molar-refractivity contribution in [3.63, 3.8) is 0 Å². The number of carbonyl (C=O) groups excluding carboxylic acids is 1. The molecule has 3 heteroatoms. The largest absolute Gasteiger partial charge is 0.322 e. The van der Waals surface area contributed by atoms with Crippen molar-refractivity contribution in [3.05, 3.63) is 71.3 Å². The molecular formula is C22H28N2O. The summed E-state index contributed by atoms with van der Waals surface area (Å²) in [5, 5.41) is 0. The van der Waals surface area contributed by atoms with E-state index in [1.54, 1.807) is 0 Å². The lowest BCUT2D eigenvalue weighted by molar-refractivity contribution is -0.149. The number of hydrogen-bond donors (Lipinski definition) is 0. The second-order valence-corrected chi connectivity index (χ2v) is 8.10. The van der Waals surface area contributed by atoms with Gasteiger partial charge in [-0.3, -0.25) is 9.69 Å². The molecule has 2 aromatic rings. The molecule has 25 heavy (non-hydrogen) atoms. The van der Waals surface area contributed by atoms with Crippen LogP contribution in [0.15, 0.2) is 54.6 Å². The normalized spacial score (nSPS) is 17.7. The average molecular weight is 336 g/mol. The molecule has 2 aromatic carbocycles. The van der Waals surface area contributed by atoms with E-state index >= 15 is 0 Å². The molecule has 3 nitrogen and oxygen atoms in total. The van der Waals surface area contributed by atoms with Gasteiger partial charge in [0.2, 0.25) is 5.91 Å². The first kappa shape index (κ1) is 17.7. The molecule has 0 saturated carbocycles. The molecule has 1 aliphatic heterocycles. The van der Waals surface area contributed by atoms with E-state index in [4.69, 9.17) is 0 Å². The lowest BCUT2D eigenvalue weighted by Gasteiger charge is -2.42. The van der Waals surface area contributed by atoms with Gasteiger partial charge in [-0.25, -0.2) is 0 Å².